The highest BCUT2D eigenvalue weighted by atomic mass is 16.1. The van der Waals surface area contributed by atoms with Gasteiger partial charge in [0.2, 0.25) is 5.91 Å². The third kappa shape index (κ3) is 2.08. The molecule has 0 saturated carbocycles. The van der Waals surface area contributed by atoms with Gasteiger partial charge in [0, 0.05) is 18.0 Å². The Bertz CT molecular complexity index is 574. The summed E-state index contributed by atoms with van der Waals surface area (Å²) in [6, 6.07) is 10.3. The summed E-state index contributed by atoms with van der Waals surface area (Å²) >= 11 is 0. The van der Waals surface area contributed by atoms with Gasteiger partial charge in [0.25, 0.3) is 0 Å². The van der Waals surface area contributed by atoms with Gasteiger partial charge in [0.15, 0.2) is 0 Å². The van der Waals surface area contributed by atoms with E-state index in [-0.39, 0.29) is 11.9 Å². The number of carbonyl (C=O) groups excluding carboxylic acids is 1. The first-order valence-corrected chi connectivity index (χ1v) is 6.47. The van der Waals surface area contributed by atoms with E-state index < -0.39 is 0 Å². The van der Waals surface area contributed by atoms with E-state index in [4.69, 9.17) is 0 Å². The van der Waals surface area contributed by atoms with Crippen LogP contribution in [0.5, 0.6) is 0 Å². The molecule has 3 heteroatoms. The van der Waals surface area contributed by atoms with E-state index in [2.05, 4.69) is 22.4 Å². The molecule has 3 nitrogen and oxygen atoms in total. The van der Waals surface area contributed by atoms with Crippen LogP contribution >= 0.6 is 0 Å². The average molecular weight is 240 g/mol. The number of carbonyl (C=O) groups is 1. The van der Waals surface area contributed by atoms with Crippen molar-refractivity contribution in [3.05, 3.63) is 42.2 Å². The second-order valence-corrected chi connectivity index (χ2v) is 4.78. The Hall–Kier alpha value is -1.90. The second kappa shape index (κ2) is 4.77. The van der Waals surface area contributed by atoms with Crippen LogP contribution in [0.4, 0.5) is 0 Å². The molecule has 0 unspecified atom stereocenters. The van der Waals surface area contributed by atoms with Crippen molar-refractivity contribution in [2.75, 3.05) is 0 Å². The molecule has 0 aliphatic carbocycles. The monoisotopic (exact) mass is 240 g/mol. The fourth-order valence-electron chi connectivity index (χ4n) is 2.60. The average Bonchev–Trinajstić information content (AvgIpc) is 2.63. The maximum atomic E-state index is 11.7. The number of hydrogen-bond acceptors (Lipinski definition) is 2. The topological polar surface area (TPSA) is 42.0 Å². The number of rotatable bonds is 1. The minimum atomic E-state index is 0.0612. The summed E-state index contributed by atoms with van der Waals surface area (Å²) in [4.78, 5) is 16.2. The van der Waals surface area contributed by atoms with Crippen LogP contribution in [0.1, 0.15) is 37.4 Å². The molecule has 1 atom stereocenters. The molecule has 2 heterocycles. The van der Waals surface area contributed by atoms with E-state index in [0.29, 0.717) is 6.42 Å². The smallest absolute Gasteiger partial charge is 0.220 e. The number of amides is 1. The third-order valence-corrected chi connectivity index (χ3v) is 3.52. The molecular formula is C15H16N2O. The van der Waals surface area contributed by atoms with Crippen molar-refractivity contribution in [1.82, 2.24) is 10.3 Å². The number of aromatic nitrogens is 1. The van der Waals surface area contributed by atoms with Crippen LogP contribution in [0.15, 0.2) is 36.5 Å². The number of fused-ring (bicyclic) bond motifs is 1. The van der Waals surface area contributed by atoms with Crippen LogP contribution in [0.25, 0.3) is 10.8 Å². The zero-order valence-corrected chi connectivity index (χ0v) is 10.2. The van der Waals surface area contributed by atoms with Gasteiger partial charge in [-0.25, -0.2) is 0 Å². The van der Waals surface area contributed by atoms with Crippen LogP contribution in [0.3, 0.4) is 0 Å². The van der Waals surface area contributed by atoms with Gasteiger partial charge in [-0.15, -0.1) is 0 Å². The standard InChI is InChI=1S/C15H16N2O/c18-14-8-4-3-7-13(17-14)15-12-6-2-1-5-11(12)9-10-16-15/h1-2,5-6,9-10,13H,3-4,7-8H2,(H,17,18)/t13-/m0/s1. The maximum absolute atomic E-state index is 11.7. The fraction of sp³-hybridized carbons (Fsp3) is 0.333. The quantitative estimate of drug-likeness (QED) is 0.832. The summed E-state index contributed by atoms with van der Waals surface area (Å²) in [5.74, 6) is 0.146. The molecule has 1 aromatic carbocycles. The van der Waals surface area contributed by atoms with Gasteiger partial charge in [-0.3, -0.25) is 9.78 Å². The lowest BCUT2D eigenvalue weighted by Crippen LogP contribution is -2.26. The van der Waals surface area contributed by atoms with E-state index in [1.807, 2.05) is 24.4 Å². The highest BCUT2D eigenvalue weighted by Crippen LogP contribution is 2.27. The van der Waals surface area contributed by atoms with Crippen molar-refractivity contribution in [3.63, 3.8) is 0 Å². The fourth-order valence-corrected chi connectivity index (χ4v) is 2.60. The normalized spacial score (nSPS) is 20.4. The summed E-state index contributed by atoms with van der Waals surface area (Å²) in [5, 5.41) is 5.41. The first-order chi connectivity index (χ1) is 8.84. The molecule has 2 aromatic rings. The molecule has 1 amide bonds. The van der Waals surface area contributed by atoms with E-state index in [0.717, 1.165) is 30.3 Å². The minimum absolute atomic E-state index is 0.0612. The highest BCUT2D eigenvalue weighted by molar-refractivity contribution is 5.85. The molecule has 0 spiro atoms. The van der Waals surface area contributed by atoms with E-state index >= 15 is 0 Å². The number of pyridine rings is 1. The third-order valence-electron chi connectivity index (χ3n) is 3.52. The Kier molecular flexibility index (Phi) is 2.97. The largest absolute Gasteiger partial charge is 0.348 e. The number of hydrogen-bond donors (Lipinski definition) is 1. The predicted molar refractivity (Wildman–Crippen MR) is 71.1 cm³/mol. The molecular weight excluding hydrogens is 224 g/mol. The van der Waals surface area contributed by atoms with Crippen LogP contribution in [0, 0.1) is 0 Å². The van der Waals surface area contributed by atoms with Crippen molar-refractivity contribution in [2.45, 2.75) is 31.7 Å². The molecule has 1 saturated heterocycles. The number of nitrogens with one attached hydrogen (secondary N) is 1. The number of nitrogens with zero attached hydrogens (tertiary/aromatic N) is 1. The Balaban J connectivity index is 2.05. The van der Waals surface area contributed by atoms with E-state index in [1.54, 1.807) is 0 Å². The minimum Gasteiger partial charge on any atom is -0.348 e. The van der Waals surface area contributed by atoms with Crippen LogP contribution < -0.4 is 5.32 Å². The zero-order valence-electron chi connectivity index (χ0n) is 10.2. The predicted octanol–water partition coefficient (Wildman–Crippen LogP) is 2.97. The zero-order chi connectivity index (χ0) is 12.4. The molecule has 1 fully saturated rings. The van der Waals surface area contributed by atoms with Gasteiger partial charge in [0.1, 0.15) is 0 Å². The summed E-state index contributed by atoms with van der Waals surface area (Å²) in [6.45, 7) is 0. The molecule has 92 valence electrons. The molecule has 0 radical (unpaired) electrons. The van der Waals surface area contributed by atoms with Crippen molar-refractivity contribution in [2.24, 2.45) is 0 Å². The van der Waals surface area contributed by atoms with Crippen molar-refractivity contribution >= 4 is 16.7 Å². The van der Waals surface area contributed by atoms with Gasteiger partial charge in [0.05, 0.1) is 11.7 Å². The Morgan fingerprint density at radius 3 is 3.00 bits per heavy atom. The Morgan fingerprint density at radius 2 is 2.06 bits per heavy atom. The second-order valence-electron chi connectivity index (χ2n) is 4.78. The molecule has 0 bridgehead atoms. The van der Waals surface area contributed by atoms with Crippen LogP contribution in [-0.2, 0) is 4.79 Å². The molecule has 3 rings (SSSR count). The van der Waals surface area contributed by atoms with Gasteiger partial charge < -0.3 is 5.32 Å². The van der Waals surface area contributed by atoms with Crippen molar-refractivity contribution in [3.8, 4) is 0 Å². The lowest BCUT2D eigenvalue weighted by atomic mass is 10.0. The summed E-state index contributed by atoms with van der Waals surface area (Å²) < 4.78 is 0. The SMILES string of the molecule is O=C1CCCC[C@@H](c2nccc3ccccc23)N1. The van der Waals surface area contributed by atoms with Crippen LogP contribution in [-0.4, -0.2) is 10.9 Å². The van der Waals surface area contributed by atoms with Crippen molar-refractivity contribution in [1.29, 1.82) is 0 Å². The highest BCUT2D eigenvalue weighted by Gasteiger charge is 2.20. The van der Waals surface area contributed by atoms with E-state index in [9.17, 15) is 4.79 Å². The molecule has 1 N–H and O–H groups in total. The maximum Gasteiger partial charge on any atom is 0.220 e. The summed E-state index contributed by atoms with van der Waals surface area (Å²) in [5.41, 5.74) is 1.00. The molecule has 1 aliphatic rings. The first-order valence-electron chi connectivity index (χ1n) is 6.47. The van der Waals surface area contributed by atoms with Crippen molar-refractivity contribution < 1.29 is 4.79 Å². The Labute approximate surface area is 106 Å². The summed E-state index contributed by atoms with van der Waals surface area (Å²) in [7, 11) is 0. The lowest BCUT2D eigenvalue weighted by molar-refractivity contribution is -0.121. The van der Waals surface area contributed by atoms with Gasteiger partial charge in [-0.1, -0.05) is 30.7 Å². The Morgan fingerprint density at radius 1 is 1.17 bits per heavy atom. The van der Waals surface area contributed by atoms with E-state index in [1.165, 1.54) is 5.39 Å². The molecule has 1 aliphatic heterocycles. The van der Waals surface area contributed by atoms with Gasteiger partial charge in [-0.05, 0) is 24.3 Å². The van der Waals surface area contributed by atoms with Crippen LogP contribution in [0.2, 0.25) is 0 Å². The number of benzene rings is 1. The summed E-state index contributed by atoms with van der Waals surface area (Å²) in [6.07, 6.45) is 5.50. The molecule has 18 heavy (non-hydrogen) atoms. The van der Waals surface area contributed by atoms with Gasteiger partial charge in [-0.2, -0.15) is 0 Å². The van der Waals surface area contributed by atoms with Gasteiger partial charge >= 0.3 is 0 Å². The lowest BCUT2D eigenvalue weighted by Gasteiger charge is -2.17. The first kappa shape index (κ1) is 11.2. The molecule has 1 aromatic heterocycles.